The van der Waals surface area contributed by atoms with Gasteiger partial charge in [-0.3, -0.25) is 0 Å². The predicted octanol–water partition coefficient (Wildman–Crippen LogP) is 4.88. The summed E-state index contributed by atoms with van der Waals surface area (Å²) in [7, 11) is 0. The van der Waals surface area contributed by atoms with Crippen LogP contribution < -0.4 is 5.32 Å². The van der Waals surface area contributed by atoms with E-state index >= 15 is 0 Å². The number of hydrogen-bond donors (Lipinski definition) is 1. The van der Waals surface area contributed by atoms with Crippen LogP contribution >= 0.6 is 0 Å². The molecule has 3 rings (SSSR count). The van der Waals surface area contributed by atoms with E-state index in [2.05, 4.69) is 50.4 Å². The summed E-state index contributed by atoms with van der Waals surface area (Å²) in [6, 6.07) is 9.17. The van der Waals surface area contributed by atoms with Crippen molar-refractivity contribution in [3.8, 4) is 0 Å². The Kier molecular flexibility index (Phi) is 4.34. The van der Waals surface area contributed by atoms with Gasteiger partial charge in [0.05, 0.1) is 0 Å². The highest BCUT2D eigenvalue weighted by Crippen LogP contribution is 2.47. The van der Waals surface area contributed by atoms with Crippen LogP contribution in [-0.2, 0) is 6.42 Å². The first-order valence-corrected chi connectivity index (χ1v) is 8.53. The molecule has 2 nitrogen and oxygen atoms in total. The molecule has 2 aromatic rings. The van der Waals surface area contributed by atoms with Crippen LogP contribution in [0.2, 0.25) is 0 Å². The quantitative estimate of drug-likeness (QED) is 0.818. The van der Waals surface area contributed by atoms with E-state index in [0.29, 0.717) is 12.0 Å². The molecule has 0 bridgehead atoms. The van der Waals surface area contributed by atoms with Gasteiger partial charge in [0, 0.05) is 22.9 Å². The van der Waals surface area contributed by atoms with Gasteiger partial charge in [0.25, 0.3) is 0 Å². The fraction of sp³-hybridized carbons (Fsp3) is 0.579. The minimum absolute atomic E-state index is 0.603. The van der Waals surface area contributed by atoms with Gasteiger partial charge in [-0.25, -0.2) is 0 Å². The molecule has 0 amide bonds. The van der Waals surface area contributed by atoms with E-state index in [-0.39, 0.29) is 0 Å². The third kappa shape index (κ3) is 2.50. The first-order chi connectivity index (χ1) is 10.3. The summed E-state index contributed by atoms with van der Waals surface area (Å²) in [5.74, 6) is 2.59. The van der Waals surface area contributed by atoms with E-state index in [1.165, 1.54) is 36.0 Å². The molecule has 1 heterocycles. The smallest absolute Gasteiger partial charge is 0.134 e. The van der Waals surface area contributed by atoms with Gasteiger partial charge in [-0.2, -0.15) is 0 Å². The van der Waals surface area contributed by atoms with Gasteiger partial charge in [-0.15, -0.1) is 0 Å². The molecule has 3 atom stereocenters. The molecule has 1 aliphatic rings. The van der Waals surface area contributed by atoms with Gasteiger partial charge in [0.15, 0.2) is 0 Å². The average molecular weight is 285 g/mol. The highest BCUT2D eigenvalue weighted by molar-refractivity contribution is 5.82. The summed E-state index contributed by atoms with van der Waals surface area (Å²) < 4.78 is 6.25. The van der Waals surface area contributed by atoms with Gasteiger partial charge >= 0.3 is 0 Å². The Balaban J connectivity index is 1.87. The van der Waals surface area contributed by atoms with E-state index in [9.17, 15) is 0 Å². The number of para-hydroxylation sites is 1. The molecule has 2 heteroatoms. The van der Waals surface area contributed by atoms with Crippen molar-refractivity contribution in [1.82, 2.24) is 5.32 Å². The van der Waals surface area contributed by atoms with Crippen LogP contribution in [0.25, 0.3) is 11.0 Å². The molecule has 1 aromatic heterocycles. The minimum Gasteiger partial charge on any atom is -0.460 e. The van der Waals surface area contributed by atoms with E-state index in [0.717, 1.165) is 24.5 Å². The SMILES string of the molecule is CCCNC1CC(c2oc3ccccc3c2CC)C1CC. The Bertz CT molecular complexity index is 601. The summed E-state index contributed by atoms with van der Waals surface area (Å²) >= 11 is 0. The second-order valence-corrected chi connectivity index (χ2v) is 6.27. The van der Waals surface area contributed by atoms with Crippen LogP contribution in [0, 0.1) is 5.92 Å². The molecule has 1 aromatic carbocycles. The van der Waals surface area contributed by atoms with Crippen LogP contribution in [-0.4, -0.2) is 12.6 Å². The topological polar surface area (TPSA) is 25.2 Å². The molecule has 1 N–H and O–H groups in total. The number of aryl methyl sites for hydroxylation is 1. The maximum atomic E-state index is 6.25. The molecule has 114 valence electrons. The summed E-state index contributed by atoms with van der Waals surface area (Å²) in [6.45, 7) is 7.92. The molecule has 0 radical (unpaired) electrons. The third-order valence-corrected chi connectivity index (χ3v) is 5.09. The molecule has 0 saturated heterocycles. The monoisotopic (exact) mass is 285 g/mol. The number of nitrogens with one attached hydrogen (secondary N) is 1. The van der Waals surface area contributed by atoms with Gasteiger partial charge in [-0.1, -0.05) is 45.4 Å². The van der Waals surface area contributed by atoms with Crippen LogP contribution in [0.5, 0.6) is 0 Å². The Morgan fingerprint density at radius 2 is 2.00 bits per heavy atom. The molecular formula is C19H27NO. The lowest BCUT2D eigenvalue weighted by molar-refractivity contribution is 0.143. The summed E-state index contributed by atoms with van der Waals surface area (Å²) in [4.78, 5) is 0. The molecule has 21 heavy (non-hydrogen) atoms. The van der Waals surface area contributed by atoms with Crippen molar-refractivity contribution in [2.24, 2.45) is 5.92 Å². The Morgan fingerprint density at radius 3 is 2.71 bits per heavy atom. The first kappa shape index (κ1) is 14.6. The molecule has 0 aliphatic heterocycles. The highest BCUT2D eigenvalue weighted by Gasteiger charge is 2.43. The largest absolute Gasteiger partial charge is 0.460 e. The van der Waals surface area contributed by atoms with Gasteiger partial charge in [-0.05, 0) is 37.8 Å². The number of hydrogen-bond acceptors (Lipinski definition) is 2. The molecule has 3 unspecified atom stereocenters. The Hall–Kier alpha value is -1.28. The van der Waals surface area contributed by atoms with Crippen LogP contribution in [0.1, 0.15) is 57.3 Å². The summed E-state index contributed by atoms with van der Waals surface area (Å²) in [5.41, 5.74) is 2.49. The predicted molar refractivity (Wildman–Crippen MR) is 88.8 cm³/mol. The molecule has 1 fully saturated rings. The second kappa shape index (κ2) is 6.23. The third-order valence-electron chi connectivity index (χ3n) is 5.09. The van der Waals surface area contributed by atoms with Gasteiger partial charge < -0.3 is 9.73 Å². The zero-order chi connectivity index (χ0) is 14.8. The molecular weight excluding hydrogens is 258 g/mol. The summed E-state index contributed by atoms with van der Waals surface area (Å²) in [6.07, 6.45) is 4.73. The van der Waals surface area contributed by atoms with Crippen molar-refractivity contribution in [3.05, 3.63) is 35.6 Å². The van der Waals surface area contributed by atoms with Crippen molar-refractivity contribution in [2.45, 2.75) is 58.4 Å². The normalized spacial score (nSPS) is 25.2. The van der Waals surface area contributed by atoms with Gasteiger partial charge in [0.2, 0.25) is 0 Å². The maximum Gasteiger partial charge on any atom is 0.134 e. The zero-order valence-corrected chi connectivity index (χ0v) is 13.5. The molecule has 1 aliphatic carbocycles. The standard InChI is InChI=1S/C19H27NO/c1-4-11-20-17-12-16(13(17)5-2)19-14(6-3)15-9-7-8-10-18(15)21-19/h7-10,13,16-17,20H,4-6,11-12H2,1-3H3. The lowest BCUT2D eigenvalue weighted by atomic mass is 9.66. The lowest BCUT2D eigenvalue weighted by Crippen LogP contribution is -2.49. The number of fused-ring (bicyclic) bond motifs is 1. The maximum absolute atomic E-state index is 6.25. The van der Waals surface area contributed by atoms with Crippen LogP contribution in [0.15, 0.2) is 28.7 Å². The lowest BCUT2D eigenvalue weighted by Gasteiger charge is -2.44. The molecule has 1 saturated carbocycles. The number of benzene rings is 1. The van der Waals surface area contributed by atoms with Crippen molar-refractivity contribution in [3.63, 3.8) is 0 Å². The minimum atomic E-state index is 0.603. The number of furan rings is 1. The fourth-order valence-electron chi connectivity index (χ4n) is 3.92. The van der Waals surface area contributed by atoms with Gasteiger partial charge in [0.1, 0.15) is 11.3 Å². The molecule has 0 spiro atoms. The van der Waals surface area contributed by atoms with E-state index in [4.69, 9.17) is 4.42 Å². The van der Waals surface area contributed by atoms with Crippen LogP contribution in [0.4, 0.5) is 0 Å². The van der Waals surface area contributed by atoms with E-state index in [1.807, 2.05) is 0 Å². The summed E-state index contributed by atoms with van der Waals surface area (Å²) in [5, 5.41) is 5.01. The van der Waals surface area contributed by atoms with Crippen molar-refractivity contribution >= 4 is 11.0 Å². The van der Waals surface area contributed by atoms with Crippen LogP contribution in [0.3, 0.4) is 0 Å². The number of rotatable bonds is 6. The van der Waals surface area contributed by atoms with Crippen molar-refractivity contribution < 1.29 is 4.42 Å². The zero-order valence-electron chi connectivity index (χ0n) is 13.5. The first-order valence-electron chi connectivity index (χ1n) is 8.53. The Labute approximate surface area is 127 Å². The van der Waals surface area contributed by atoms with Crippen molar-refractivity contribution in [1.29, 1.82) is 0 Å². The fourth-order valence-corrected chi connectivity index (χ4v) is 3.92. The van der Waals surface area contributed by atoms with E-state index < -0.39 is 0 Å². The highest BCUT2D eigenvalue weighted by atomic mass is 16.3. The van der Waals surface area contributed by atoms with E-state index in [1.54, 1.807) is 0 Å². The Morgan fingerprint density at radius 1 is 1.19 bits per heavy atom. The van der Waals surface area contributed by atoms with Crippen molar-refractivity contribution in [2.75, 3.05) is 6.54 Å². The second-order valence-electron chi connectivity index (χ2n) is 6.27. The average Bonchev–Trinajstić information content (AvgIpc) is 2.84.